The van der Waals surface area contributed by atoms with Crippen LogP contribution in [-0.2, 0) is 11.3 Å². The Morgan fingerprint density at radius 3 is 2.59 bits per heavy atom. The maximum atomic E-state index is 12.8. The third-order valence-corrected chi connectivity index (χ3v) is 6.83. The number of rotatable bonds is 8. The topological polar surface area (TPSA) is 56.6 Å². The van der Waals surface area contributed by atoms with Gasteiger partial charge in [0, 0.05) is 31.5 Å². The Morgan fingerprint density at radius 1 is 1.03 bits per heavy atom. The van der Waals surface area contributed by atoms with Crippen LogP contribution in [-0.4, -0.2) is 46.7 Å². The zero-order valence-corrected chi connectivity index (χ0v) is 18.7. The van der Waals surface area contributed by atoms with Crippen molar-refractivity contribution in [2.45, 2.75) is 57.0 Å². The van der Waals surface area contributed by atoms with E-state index in [1.807, 2.05) is 30.3 Å². The molecule has 32 heavy (non-hydrogen) atoms. The van der Waals surface area contributed by atoms with Crippen molar-refractivity contribution in [2.75, 3.05) is 20.3 Å². The lowest BCUT2D eigenvalue weighted by molar-refractivity contribution is -0.129. The van der Waals surface area contributed by atoms with Crippen LogP contribution in [0.1, 0.15) is 50.3 Å². The van der Waals surface area contributed by atoms with E-state index in [1.165, 1.54) is 12.8 Å². The molecule has 1 amide bonds. The number of ether oxygens (including phenoxy) is 2. The predicted molar refractivity (Wildman–Crippen MR) is 124 cm³/mol. The molecule has 6 nitrogen and oxygen atoms in total. The molecule has 2 aliphatic rings. The Hall–Kier alpha value is -3.02. The van der Waals surface area contributed by atoms with E-state index in [4.69, 9.17) is 14.5 Å². The van der Waals surface area contributed by atoms with Crippen LogP contribution in [0.4, 0.5) is 0 Å². The van der Waals surface area contributed by atoms with Gasteiger partial charge in [-0.1, -0.05) is 37.1 Å². The van der Waals surface area contributed by atoms with Crippen LogP contribution in [0, 0.1) is 0 Å². The lowest BCUT2D eigenvalue weighted by Gasteiger charge is -2.24. The summed E-state index contributed by atoms with van der Waals surface area (Å²) >= 11 is 0. The lowest BCUT2D eigenvalue weighted by Crippen LogP contribution is -2.34. The van der Waals surface area contributed by atoms with Gasteiger partial charge in [0.1, 0.15) is 5.82 Å². The van der Waals surface area contributed by atoms with Crippen LogP contribution < -0.4 is 9.47 Å². The zero-order valence-electron chi connectivity index (χ0n) is 18.7. The molecule has 1 aliphatic heterocycles. The molecule has 3 aromatic rings. The van der Waals surface area contributed by atoms with Crippen molar-refractivity contribution in [2.24, 2.45) is 0 Å². The standard InChI is InChI=1S/C26H31N3O3/c1-31-23-13-6-7-14-24(23)32-16-8-15-28-22-12-5-4-11-21(22)27-26(28)19-17-25(30)29(18-19)20-9-2-3-10-20/h4-7,11-14,19-20H,2-3,8-10,15-18H2,1H3. The summed E-state index contributed by atoms with van der Waals surface area (Å²) in [5.74, 6) is 3.00. The van der Waals surface area contributed by atoms with Gasteiger partial charge in [-0.15, -0.1) is 0 Å². The number of para-hydroxylation sites is 4. The van der Waals surface area contributed by atoms with E-state index in [1.54, 1.807) is 7.11 Å². The van der Waals surface area contributed by atoms with Gasteiger partial charge in [0.2, 0.25) is 5.91 Å². The number of hydrogen-bond donors (Lipinski definition) is 0. The smallest absolute Gasteiger partial charge is 0.223 e. The summed E-state index contributed by atoms with van der Waals surface area (Å²) in [6, 6.07) is 16.4. The summed E-state index contributed by atoms with van der Waals surface area (Å²) < 4.78 is 13.7. The molecule has 2 heterocycles. The predicted octanol–water partition coefficient (Wildman–Crippen LogP) is 4.77. The number of hydrogen-bond acceptors (Lipinski definition) is 4. The summed E-state index contributed by atoms with van der Waals surface area (Å²) in [6.45, 7) is 2.19. The molecule has 0 spiro atoms. The molecule has 1 saturated heterocycles. The number of methoxy groups -OCH3 is 1. The molecule has 1 unspecified atom stereocenters. The van der Waals surface area contributed by atoms with E-state index in [0.717, 1.165) is 60.7 Å². The van der Waals surface area contributed by atoms with Gasteiger partial charge in [0.05, 0.1) is 24.8 Å². The average molecular weight is 434 g/mol. The largest absolute Gasteiger partial charge is 0.493 e. The van der Waals surface area contributed by atoms with Crippen molar-refractivity contribution in [1.29, 1.82) is 0 Å². The van der Waals surface area contributed by atoms with Crippen LogP contribution in [0.3, 0.4) is 0 Å². The van der Waals surface area contributed by atoms with Gasteiger partial charge in [0.25, 0.3) is 0 Å². The Balaban J connectivity index is 1.31. The molecule has 0 N–H and O–H groups in total. The van der Waals surface area contributed by atoms with Crippen LogP contribution in [0.15, 0.2) is 48.5 Å². The van der Waals surface area contributed by atoms with Crippen molar-refractivity contribution in [1.82, 2.24) is 14.5 Å². The van der Waals surface area contributed by atoms with Crippen LogP contribution in [0.25, 0.3) is 11.0 Å². The van der Waals surface area contributed by atoms with Gasteiger partial charge in [-0.3, -0.25) is 4.79 Å². The van der Waals surface area contributed by atoms with Gasteiger partial charge in [-0.25, -0.2) is 4.98 Å². The number of amides is 1. The molecule has 1 saturated carbocycles. The number of carbonyl (C=O) groups is 1. The number of benzene rings is 2. The zero-order chi connectivity index (χ0) is 21.9. The van der Waals surface area contributed by atoms with Gasteiger partial charge in [0.15, 0.2) is 11.5 Å². The minimum absolute atomic E-state index is 0.158. The molecule has 0 bridgehead atoms. The molecule has 6 heteroatoms. The number of fused-ring (bicyclic) bond motifs is 1. The lowest BCUT2D eigenvalue weighted by atomic mass is 10.1. The first kappa shape index (κ1) is 20.9. The van der Waals surface area contributed by atoms with Crippen LogP contribution >= 0.6 is 0 Å². The van der Waals surface area contributed by atoms with E-state index < -0.39 is 0 Å². The van der Waals surface area contributed by atoms with E-state index in [0.29, 0.717) is 25.0 Å². The van der Waals surface area contributed by atoms with Gasteiger partial charge < -0.3 is 18.9 Å². The van der Waals surface area contributed by atoms with Gasteiger partial charge >= 0.3 is 0 Å². The monoisotopic (exact) mass is 433 g/mol. The number of aryl methyl sites for hydroxylation is 1. The first-order valence-electron chi connectivity index (χ1n) is 11.7. The fourth-order valence-electron chi connectivity index (χ4n) is 5.26. The minimum Gasteiger partial charge on any atom is -0.493 e. The van der Waals surface area contributed by atoms with Crippen molar-refractivity contribution in [3.63, 3.8) is 0 Å². The highest BCUT2D eigenvalue weighted by atomic mass is 16.5. The average Bonchev–Trinajstić information content (AvgIpc) is 3.55. The Bertz CT molecular complexity index is 1090. The van der Waals surface area contributed by atoms with E-state index in [2.05, 4.69) is 27.7 Å². The molecular formula is C26H31N3O3. The van der Waals surface area contributed by atoms with Gasteiger partial charge in [-0.05, 0) is 43.5 Å². The SMILES string of the molecule is COc1ccccc1OCCCn1c(C2CC(=O)N(C3CCCC3)C2)nc2ccccc21. The highest BCUT2D eigenvalue weighted by molar-refractivity contribution is 5.81. The second-order valence-electron chi connectivity index (χ2n) is 8.85. The summed E-state index contributed by atoms with van der Waals surface area (Å²) in [4.78, 5) is 19.9. The van der Waals surface area contributed by atoms with E-state index >= 15 is 0 Å². The third kappa shape index (κ3) is 4.06. The second kappa shape index (κ2) is 9.23. The number of nitrogens with zero attached hydrogens (tertiary/aromatic N) is 3. The highest BCUT2D eigenvalue weighted by Crippen LogP contribution is 2.35. The minimum atomic E-state index is 0.158. The van der Waals surface area contributed by atoms with Crippen molar-refractivity contribution in [3.05, 3.63) is 54.4 Å². The molecule has 168 valence electrons. The normalized spacial score (nSPS) is 19.2. The van der Waals surface area contributed by atoms with Crippen molar-refractivity contribution >= 4 is 16.9 Å². The Morgan fingerprint density at radius 2 is 1.78 bits per heavy atom. The van der Waals surface area contributed by atoms with Crippen LogP contribution in [0.2, 0.25) is 0 Å². The van der Waals surface area contributed by atoms with E-state index in [-0.39, 0.29) is 5.92 Å². The van der Waals surface area contributed by atoms with Crippen LogP contribution in [0.5, 0.6) is 11.5 Å². The Labute approximate surface area is 189 Å². The van der Waals surface area contributed by atoms with Gasteiger partial charge in [-0.2, -0.15) is 0 Å². The second-order valence-corrected chi connectivity index (χ2v) is 8.85. The molecular weight excluding hydrogens is 402 g/mol. The molecule has 1 aliphatic carbocycles. The quantitative estimate of drug-likeness (QED) is 0.480. The maximum absolute atomic E-state index is 12.8. The summed E-state index contributed by atoms with van der Waals surface area (Å²) in [6.07, 6.45) is 6.19. The van der Waals surface area contributed by atoms with Crippen molar-refractivity contribution < 1.29 is 14.3 Å². The molecule has 1 atom stereocenters. The fraction of sp³-hybridized carbons (Fsp3) is 0.462. The molecule has 2 fully saturated rings. The van der Waals surface area contributed by atoms with Crippen molar-refractivity contribution in [3.8, 4) is 11.5 Å². The molecule has 5 rings (SSSR count). The van der Waals surface area contributed by atoms with E-state index in [9.17, 15) is 4.79 Å². The highest BCUT2D eigenvalue weighted by Gasteiger charge is 2.38. The molecule has 1 aromatic heterocycles. The maximum Gasteiger partial charge on any atom is 0.223 e. The number of carbonyl (C=O) groups excluding carboxylic acids is 1. The molecule has 0 radical (unpaired) electrons. The summed E-state index contributed by atoms with van der Waals surface area (Å²) in [5.41, 5.74) is 2.13. The first-order valence-corrected chi connectivity index (χ1v) is 11.7. The fourth-order valence-corrected chi connectivity index (χ4v) is 5.26. The summed E-state index contributed by atoms with van der Waals surface area (Å²) in [7, 11) is 1.66. The third-order valence-electron chi connectivity index (χ3n) is 6.83. The Kier molecular flexibility index (Phi) is 6.02. The number of aromatic nitrogens is 2. The first-order chi connectivity index (χ1) is 15.7. The number of likely N-dealkylation sites (tertiary alicyclic amines) is 1. The molecule has 2 aromatic carbocycles. The summed E-state index contributed by atoms with van der Waals surface area (Å²) in [5, 5.41) is 0. The number of imidazole rings is 1.